The van der Waals surface area contributed by atoms with Crippen LogP contribution in [0.15, 0.2) is 30.3 Å². The number of carbonyl (C=O) groups is 1. The third kappa shape index (κ3) is 5.03. The Morgan fingerprint density at radius 1 is 1.17 bits per heavy atom. The molecule has 3 heteroatoms. The Kier molecular flexibility index (Phi) is 6.44. The molecule has 1 aliphatic rings. The summed E-state index contributed by atoms with van der Waals surface area (Å²) in [5.41, 5.74) is 1.34. The van der Waals surface area contributed by atoms with Crippen molar-refractivity contribution in [2.75, 3.05) is 0 Å². The quantitative estimate of drug-likeness (QED) is 0.611. The average Bonchev–Trinajstić information content (AvgIpc) is 2.52. The van der Waals surface area contributed by atoms with Gasteiger partial charge in [-0.3, -0.25) is 4.79 Å². The summed E-state index contributed by atoms with van der Waals surface area (Å²) in [4.78, 5) is 12.5. The van der Waals surface area contributed by atoms with Crippen LogP contribution in [0, 0.1) is 5.92 Å². The summed E-state index contributed by atoms with van der Waals surface area (Å²) >= 11 is 0. The molecule has 1 aromatic carbocycles. The molecule has 2 unspecified atom stereocenters. The normalized spacial score (nSPS) is 20.9. The van der Waals surface area contributed by atoms with Gasteiger partial charge in [-0.05, 0) is 49.4 Å². The van der Waals surface area contributed by atoms with Gasteiger partial charge in [0.25, 0.3) is 0 Å². The molecule has 0 spiro atoms. The van der Waals surface area contributed by atoms with Crippen LogP contribution in [0.3, 0.4) is 0 Å². The van der Waals surface area contributed by atoms with Crippen molar-refractivity contribution < 1.29 is 9.22 Å². The molecule has 0 N–H and O–H groups in total. The zero-order valence-corrected chi connectivity index (χ0v) is 17.1. The van der Waals surface area contributed by atoms with Crippen LogP contribution in [-0.4, -0.2) is 20.2 Å². The summed E-state index contributed by atoms with van der Waals surface area (Å²) in [5, 5.41) is 0.176. The van der Waals surface area contributed by atoms with E-state index in [2.05, 4.69) is 64.2 Å². The van der Waals surface area contributed by atoms with E-state index < -0.39 is 8.32 Å². The first kappa shape index (κ1) is 19.4. The van der Waals surface area contributed by atoms with E-state index in [0.29, 0.717) is 5.78 Å². The first-order valence-corrected chi connectivity index (χ1v) is 12.4. The molecule has 2 nitrogen and oxygen atoms in total. The van der Waals surface area contributed by atoms with Gasteiger partial charge in [-0.15, -0.1) is 0 Å². The van der Waals surface area contributed by atoms with Gasteiger partial charge >= 0.3 is 0 Å². The topological polar surface area (TPSA) is 26.3 Å². The van der Waals surface area contributed by atoms with Crippen LogP contribution in [0.1, 0.15) is 58.4 Å². The number of rotatable bonds is 6. The SMILES string of the molecule is CC(C)(C)[Si](C)(C)OC(CCc1ccccc1)C1CCCCC1=O. The van der Waals surface area contributed by atoms with E-state index in [-0.39, 0.29) is 17.1 Å². The van der Waals surface area contributed by atoms with Gasteiger partial charge in [0.1, 0.15) is 5.78 Å². The fourth-order valence-corrected chi connectivity index (χ4v) is 4.65. The zero-order chi connectivity index (χ0) is 17.8. The van der Waals surface area contributed by atoms with E-state index in [0.717, 1.165) is 32.1 Å². The molecule has 0 amide bonds. The standard InChI is InChI=1S/C21H34O2Si/c1-21(2,3)24(4,5)23-20(18-13-9-10-14-19(18)22)16-15-17-11-7-6-8-12-17/h6-8,11-12,18,20H,9-10,13-16H2,1-5H3. The predicted octanol–water partition coefficient (Wildman–Crippen LogP) is 5.77. The molecule has 1 saturated carbocycles. The number of carbonyl (C=O) groups excluding carboxylic acids is 1. The maximum Gasteiger partial charge on any atom is 0.192 e. The van der Waals surface area contributed by atoms with Gasteiger partial charge in [-0.25, -0.2) is 0 Å². The second-order valence-corrected chi connectivity index (χ2v) is 13.5. The highest BCUT2D eigenvalue weighted by atomic mass is 28.4. The van der Waals surface area contributed by atoms with Crippen molar-refractivity contribution in [3.8, 4) is 0 Å². The maximum atomic E-state index is 12.5. The van der Waals surface area contributed by atoms with Gasteiger partial charge < -0.3 is 4.43 Å². The molecule has 0 heterocycles. The minimum Gasteiger partial charge on any atom is -0.413 e. The van der Waals surface area contributed by atoms with Crippen molar-refractivity contribution in [1.29, 1.82) is 0 Å². The van der Waals surface area contributed by atoms with Crippen LogP contribution < -0.4 is 0 Å². The second-order valence-electron chi connectivity index (χ2n) is 8.76. The van der Waals surface area contributed by atoms with E-state index in [1.807, 2.05) is 0 Å². The van der Waals surface area contributed by atoms with Gasteiger partial charge in [0, 0.05) is 12.3 Å². The molecule has 24 heavy (non-hydrogen) atoms. The Bertz CT molecular complexity index is 531. The first-order chi connectivity index (χ1) is 11.2. The van der Waals surface area contributed by atoms with Crippen molar-refractivity contribution in [2.45, 2.75) is 83.5 Å². The van der Waals surface area contributed by atoms with Crippen molar-refractivity contribution in [2.24, 2.45) is 5.92 Å². The fraction of sp³-hybridized carbons (Fsp3) is 0.667. The molecule has 0 bridgehead atoms. The van der Waals surface area contributed by atoms with E-state index >= 15 is 0 Å². The summed E-state index contributed by atoms with van der Waals surface area (Å²) < 4.78 is 6.75. The van der Waals surface area contributed by atoms with Crippen LogP contribution in [0.4, 0.5) is 0 Å². The van der Waals surface area contributed by atoms with Crippen LogP contribution in [-0.2, 0) is 15.6 Å². The van der Waals surface area contributed by atoms with Crippen LogP contribution in [0.2, 0.25) is 18.1 Å². The van der Waals surface area contributed by atoms with E-state index in [1.54, 1.807) is 0 Å². The van der Waals surface area contributed by atoms with Gasteiger partial charge in [0.05, 0.1) is 6.10 Å². The lowest BCUT2D eigenvalue weighted by molar-refractivity contribution is -0.128. The summed E-state index contributed by atoms with van der Waals surface area (Å²) in [6.45, 7) is 11.4. The number of ketones is 1. The van der Waals surface area contributed by atoms with Crippen molar-refractivity contribution in [3.05, 3.63) is 35.9 Å². The van der Waals surface area contributed by atoms with Crippen LogP contribution >= 0.6 is 0 Å². The van der Waals surface area contributed by atoms with Gasteiger partial charge in [-0.2, -0.15) is 0 Å². The smallest absolute Gasteiger partial charge is 0.192 e. The Morgan fingerprint density at radius 3 is 2.42 bits per heavy atom. The zero-order valence-electron chi connectivity index (χ0n) is 16.1. The van der Waals surface area contributed by atoms with E-state index in [4.69, 9.17) is 4.43 Å². The highest BCUT2D eigenvalue weighted by Gasteiger charge is 2.42. The summed E-state index contributed by atoms with van der Waals surface area (Å²) in [7, 11) is -1.87. The molecule has 1 fully saturated rings. The molecule has 134 valence electrons. The molecule has 0 saturated heterocycles. The van der Waals surface area contributed by atoms with Gasteiger partial charge in [-0.1, -0.05) is 57.5 Å². The Labute approximate surface area is 149 Å². The molecule has 0 aliphatic heterocycles. The largest absolute Gasteiger partial charge is 0.413 e. The van der Waals surface area contributed by atoms with Gasteiger partial charge in [0.15, 0.2) is 8.32 Å². The van der Waals surface area contributed by atoms with Crippen LogP contribution in [0.5, 0.6) is 0 Å². The van der Waals surface area contributed by atoms with Crippen LogP contribution in [0.25, 0.3) is 0 Å². The lowest BCUT2D eigenvalue weighted by Crippen LogP contribution is -2.47. The third-order valence-electron chi connectivity index (χ3n) is 5.86. The molecule has 2 rings (SSSR count). The number of aryl methyl sites for hydroxylation is 1. The lowest BCUT2D eigenvalue weighted by atomic mass is 9.82. The Morgan fingerprint density at radius 2 is 1.83 bits per heavy atom. The molecule has 1 aromatic rings. The maximum absolute atomic E-state index is 12.5. The monoisotopic (exact) mass is 346 g/mol. The Balaban J connectivity index is 2.13. The fourth-order valence-electron chi connectivity index (χ4n) is 3.25. The average molecular weight is 347 g/mol. The van der Waals surface area contributed by atoms with Crippen molar-refractivity contribution in [3.63, 3.8) is 0 Å². The number of hydrogen-bond donors (Lipinski definition) is 0. The molecule has 0 aromatic heterocycles. The molecule has 1 aliphatic carbocycles. The molecule has 2 atom stereocenters. The predicted molar refractivity (Wildman–Crippen MR) is 104 cm³/mol. The highest BCUT2D eigenvalue weighted by Crippen LogP contribution is 2.40. The Hall–Kier alpha value is -0.933. The lowest BCUT2D eigenvalue weighted by Gasteiger charge is -2.42. The molecular weight excluding hydrogens is 312 g/mol. The number of benzene rings is 1. The summed E-state index contributed by atoms with van der Waals surface area (Å²) in [5.74, 6) is 0.537. The highest BCUT2D eigenvalue weighted by molar-refractivity contribution is 6.74. The minimum absolute atomic E-state index is 0.0823. The number of Topliss-reactive ketones (excluding diaryl/α,β-unsaturated/α-hetero) is 1. The third-order valence-corrected chi connectivity index (χ3v) is 10.4. The van der Waals surface area contributed by atoms with Gasteiger partial charge in [0.2, 0.25) is 0 Å². The van der Waals surface area contributed by atoms with E-state index in [9.17, 15) is 4.79 Å². The first-order valence-electron chi connectivity index (χ1n) is 9.45. The summed E-state index contributed by atoms with van der Waals surface area (Å²) in [6, 6.07) is 10.6. The van der Waals surface area contributed by atoms with E-state index in [1.165, 1.54) is 12.0 Å². The van der Waals surface area contributed by atoms with Crippen molar-refractivity contribution in [1.82, 2.24) is 0 Å². The molecular formula is C21H34O2Si. The minimum atomic E-state index is -1.87. The second kappa shape index (κ2) is 7.96. The number of hydrogen-bond acceptors (Lipinski definition) is 2. The van der Waals surface area contributed by atoms with Crippen molar-refractivity contribution >= 4 is 14.1 Å². The summed E-state index contributed by atoms with van der Waals surface area (Å²) in [6.07, 6.45) is 6.00. The molecule has 0 radical (unpaired) electrons.